The first kappa shape index (κ1) is 15.7. The summed E-state index contributed by atoms with van der Waals surface area (Å²) in [4.78, 5) is 26.8. The van der Waals surface area contributed by atoms with E-state index in [1.807, 2.05) is 54.0 Å². The first-order valence-corrected chi connectivity index (χ1v) is 7.59. The molecular formula is C18H17N3O3. The van der Waals surface area contributed by atoms with Gasteiger partial charge in [0.2, 0.25) is 5.91 Å². The lowest BCUT2D eigenvalue weighted by atomic mass is 10.1. The maximum atomic E-state index is 11.7. The molecule has 3 aromatic rings. The number of rotatable bonds is 5. The van der Waals surface area contributed by atoms with Crippen LogP contribution in [0, 0.1) is 6.92 Å². The molecule has 0 unspecified atom stereocenters. The number of carbonyl (C=O) groups excluding carboxylic acids is 1. The zero-order valence-electron chi connectivity index (χ0n) is 13.2. The Morgan fingerprint density at radius 2 is 2.00 bits per heavy atom. The number of pyridine rings is 1. The SMILES string of the molecule is Cc1ccc2nc(-c3cccc(NC(=O)CCC(=O)O)c3)cn2c1. The van der Waals surface area contributed by atoms with E-state index in [-0.39, 0.29) is 18.7 Å². The van der Waals surface area contributed by atoms with Gasteiger partial charge in [0.1, 0.15) is 5.65 Å². The highest BCUT2D eigenvalue weighted by Crippen LogP contribution is 2.23. The first-order valence-electron chi connectivity index (χ1n) is 7.59. The summed E-state index contributed by atoms with van der Waals surface area (Å²) in [5.41, 5.74) is 4.31. The van der Waals surface area contributed by atoms with Crippen molar-refractivity contribution < 1.29 is 14.7 Å². The number of fused-ring (bicyclic) bond motifs is 1. The molecule has 1 amide bonds. The molecule has 0 aliphatic carbocycles. The quantitative estimate of drug-likeness (QED) is 0.755. The monoisotopic (exact) mass is 323 g/mol. The molecule has 6 heteroatoms. The molecule has 0 spiro atoms. The van der Waals surface area contributed by atoms with Gasteiger partial charge in [-0.05, 0) is 30.7 Å². The lowest BCUT2D eigenvalue weighted by Crippen LogP contribution is -2.13. The number of hydrogen-bond donors (Lipinski definition) is 2. The topological polar surface area (TPSA) is 83.7 Å². The molecule has 2 N–H and O–H groups in total. The molecule has 2 heterocycles. The summed E-state index contributed by atoms with van der Waals surface area (Å²) in [6.45, 7) is 2.02. The van der Waals surface area contributed by atoms with Crippen molar-refractivity contribution >= 4 is 23.2 Å². The van der Waals surface area contributed by atoms with Gasteiger partial charge in [0, 0.05) is 30.1 Å². The molecule has 0 fully saturated rings. The van der Waals surface area contributed by atoms with Gasteiger partial charge in [-0.15, -0.1) is 0 Å². The van der Waals surface area contributed by atoms with E-state index in [2.05, 4.69) is 10.3 Å². The van der Waals surface area contributed by atoms with Crippen LogP contribution in [0.4, 0.5) is 5.69 Å². The summed E-state index contributed by atoms with van der Waals surface area (Å²) in [5, 5.41) is 11.3. The number of imidazole rings is 1. The molecule has 24 heavy (non-hydrogen) atoms. The molecule has 0 atom stereocenters. The average Bonchev–Trinajstić information content (AvgIpc) is 2.96. The second-order valence-electron chi connectivity index (χ2n) is 5.62. The van der Waals surface area contributed by atoms with Gasteiger partial charge in [0.15, 0.2) is 0 Å². The Balaban J connectivity index is 1.81. The van der Waals surface area contributed by atoms with Gasteiger partial charge in [-0.3, -0.25) is 9.59 Å². The summed E-state index contributed by atoms with van der Waals surface area (Å²) in [5.74, 6) is -1.31. The Hall–Kier alpha value is -3.15. The van der Waals surface area contributed by atoms with Gasteiger partial charge in [-0.25, -0.2) is 4.98 Å². The van der Waals surface area contributed by atoms with Crippen molar-refractivity contribution in [3.63, 3.8) is 0 Å². The number of aromatic nitrogens is 2. The Labute approximate surface area is 138 Å². The molecule has 0 bridgehead atoms. The summed E-state index contributed by atoms with van der Waals surface area (Å²) in [6, 6.07) is 11.3. The highest BCUT2D eigenvalue weighted by atomic mass is 16.4. The molecule has 0 aliphatic rings. The number of anilines is 1. The highest BCUT2D eigenvalue weighted by Gasteiger charge is 2.08. The van der Waals surface area contributed by atoms with E-state index in [4.69, 9.17) is 5.11 Å². The summed E-state index contributed by atoms with van der Waals surface area (Å²) >= 11 is 0. The predicted molar refractivity (Wildman–Crippen MR) is 90.9 cm³/mol. The third-order valence-electron chi connectivity index (χ3n) is 3.61. The Kier molecular flexibility index (Phi) is 4.29. The van der Waals surface area contributed by atoms with E-state index < -0.39 is 5.97 Å². The zero-order chi connectivity index (χ0) is 17.1. The van der Waals surface area contributed by atoms with Crippen LogP contribution < -0.4 is 5.32 Å². The van der Waals surface area contributed by atoms with Crippen molar-refractivity contribution in [1.29, 1.82) is 0 Å². The lowest BCUT2D eigenvalue weighted by molar-refractivity contribution is -0.138. The molecule has 0 saturated heterocycles. The number of nitrogens with zero attached hydrogens (tertiary/aromatic N) is 2. The van der Waals surface area contributed by atoms with Crippen LogP contribution in [0.5, 0.6) is 0 Å². The normalized spacial score (nSPS) is 10.7. The minimum Gasteiger partial charge on any atom is -0.481 e. The van der Waals surface area contributed by atoms with Crippen LogP contribution in [0.3, 0.4) is 0 Å². The number of carboxylic acid groups (broad SMARTS) is 1. The van der Waals surface area contributed by atoms with Gasteiger partial charge in [0.25, 0.3) is 0 Å². The fraction of sp³-hybridized carbons (Fsp3) is 0.167. The molecule has 122 valence electrons. The predicted octanol–water partition coefficient (Wildman–Crippen LogP) is 3.11. The Morgan fingerprint density at radius 3 is 2.79 bits per heavy atom. The van der Waals surface area contributed by atoms with E-state index >= 15 is 0 Å². The van der Waals surface area contributed by atoms with Crippen molar-refractivity contribution in [2.45, 2.75) is 19.8 Å². The van der Waals surface area contributed by atoms with Gasteiger partial charge >= 0.3 is 5.97 Å². The smallest absolute Gasteiger partial charge is 0.303 e. The second kappa shape index (κ2) is 6.54. The number of hydrogen-bond acceptors (Lipinski definition) is 3. The van der Waals surface area contributed by atoms with Gasteiger partial charge in [-0.1, -0.05) is 18.2 Å². The zero-order valence-corrected chi connectivity index (χ0v) is 13.2. The molecule has 0 radical (unpaired) electrons. The molecule has 2 aromatic heterocycles. The van der Waals surface area contributed by atoms with Crippen molar-refractivity contribution in [2.24, 2.45) is 0 Å². The number of amides is 1. The van der Waals surface area contributed by atoms with Crippen LogP contribution >= 0.6 is 0 Å². The minimum atomic E-state index is -0.987. The van der Waals surface area contributed by atoms with Crippen LogP contribution in [0.15, 0.2) is 48.8 Å². The average molecular weight is 323 g/mol. The van der Waals surface area contributed by atoms with Crippen LogP contribution in [0.25, 0.3) is 16.9 Å². The van der Waals surface area contributed by atoms with E-state index in [1.54, 1.807) is 6.07 Å². The van der Waals surface area contributed by atoms with Crippen molar-refractivity contribution in [2.75, 3.05) is 5.32 Å². The summed E-state index contributed by atoms with van der Waals surface area (Å²) in [6.07, 6.45) is 3.71. The van der Waals surface area contributed by atoms with Crippen LogP contribution in [0.1, 0.15) is 18.4 Å². The second-order valence-corrected chi connectivity index (χ2v) is 5.62. The maximum absolute atomic E-state index is 11.7. The van der Waals surface area contributed by atoms with Gasteiger partial charge < -0.3 is 14.8 Å². The van der Waals surface area contributed by atoms with Crippen LogP contribution in [-0.2, 0) is 9.59 Å². The fourth-order valence-electron chi connectivity index (χ4n) is 2.44. The number of benzene rings is 1. The standard InChI is InChI=1S/C18H17N3O3/c1-12-5-6-16-20-15(11-21(16)10-12)13-3-2-4-14(9-13)19-17(22)7-8-18(23)24/h2-6,9-11H,7-8H2,1H3,(H,19,22)(H,23,24). The lowest BCUT2D eigenvalue weighted by Gasteiger charge is -2.05. The van der Waals surface area contributed by atoms with E-state index in [0.29, 0.717) is 5.69 Å². The van der Waals surface area contributed by atoms with E-state index in [0.717, 1.165) is 22.5 Å². The number of nitrogens with one attached hydrogen (secondary N) is 1. The molecule has 6 nitrogen and oxygen atoms in total. The number of aryl methyl sites for hydroxylation is 1. The fourth-order valence-corrected chi connectivity index (χ4v) is 2.44. The Bertz CT molecular complexity index is 915. The van der Waals surface area contributed by atoms with Gasteiger partial charge in [-0.2, -0.15) is 0 Å². The van der Waals surface area contributed by atoms with Gasteiger partial charge in [0.05, 0.1) is 12.1 Å². The van der Waals surface area contributed by atoms with E-state index in [9.17, 15) is 9.59 Å². The minimum absolute atomic E-state index is 0.0484. The number of aliphatic carboxylic acids is 1. The largest absolute Gasteiger partial charge is 0.481 e. The summed E-state index contributed by atoms with van der Waals surface area (Å²) in [7, 11) is 0. The van der Waals surface area contributed by atoms with Crippen LogP contribution in [-0.4, -0.2) is 26.4 Å². The molecule has 3 rings (SSSR count). The van der Waals surface area contributed by atoms with Crippen molar-refractivity contribution in [1.82, 2.24) is 9.38 Å². The summed E-state index contributed by atoms with van der Waals surface area (Å²) < 4.78 is 1.96. The molecular weight excluding hydrogens is 306 g/mol. The van der Waals surface area contributed by atoms with Crippen LogP contribution in [0.2, 0.25) is 0 Å². The highest BCUT2D eigenvalue weighted by molar-refractivity contribution is 5.93. The molecule has 1 aromatic carbocycles. The third kappa shape index (κ3) is 3.60. The molecule has 0 saturated carbocycles. The third-order valence-corrected chi connectivity index (χ3v) is 3.61. The maximum Gasteiger partial charge on any atom is 0.303 e. The Morgan fingerprint density at radius 1 is 1.17 bits per heavy atom. The van der Waals surface area contributed by atoms with Crippen molar-refractivity contribution in [3.05, 3.63) is 54.4 Å². The number of carboxylic acids is 1. The van der Waals surface area contributed by atoms with Crippen molar-refractivity contribution in [3.8, 4) is 11.3 Å². The number of carbonyl (C=O) groups is 2. The van der Waals surface area contributed by atoms with E-state index in [1.165, 1.54) is 0 Å². The first-order chi connectivity index (χ1) is 11.5. The molecule has 0 aliphatic heterocycles.